The number of benzene rings is 1. The second kappa shape index (κ2) is 6.55. The Morgan fingerprint density at radius 3 is 2.67 bits per heavy atom. The first-order chi connectivity index (χ1) is 11.9. The lowest BCUT2D eigenvalue weighted by molar-refractivity contribution is 0.302. The van der Waals surface area contributed by atoms with E-state index in [1.807, 2.05) is 29.6 Å². The summed E-state index contributed by atoms with van der Waals surface area (Å²) < 4.78 is 10.9. The zero-order valence-corrected chi connectivity index (χ0v) is 13.2. The van der Waals surface area contributed by atoms with Crippen LogP contribution in [-0.4, -0.2) is 25.1 Å². The molecule has 0 radical (unpaired) electrons. The van der Waals surface area contributed by atoms with Crippen LogP contribution >= 0.6 is 11.3 Å². The Balaban J connectivity index is 1.41. The molecule has 0 fully saturated rings. The largest absolute Gasteiger partial charge is 0.487 e. The zero-order valence-electron chi connectivity index (χ0n) is 12.4. The summed E-state index contributed by atoms with van der Waals surface area (Å²) in [6, 6.07) is 9.22. The van der Waals surface area contributed by atoms with E-state index < -0.39 is 0 Å². The second-order valence-electron chi connectivity index (χ2n) is 4.77. The summed E-state index contributed by atoms with van der Waals surface area (Å²) in [6.45, 7) is 0.378. The molecule has 0 aliphatic heterocycles. The fourth-order valence-corrected chi connectivity index (χ4v) is 2.78. The van der Waals surface area contributed by atoms with E-state index in [4.69, 9.17) is 9.15 Å². The van der Waals surface area contributed by atoms with Gasteiger partial charge in [-0.3, -0.25) is 0 Å². The zero-order chi connectivity index (χ0) is 16.2. The van der Waals surface area contributed by atoms with Gasteiger partial charge in [-0.05, 0) is 30.3 Å². The molecule has 0 aliphatic rings. The molecule has 7 nitrogen and oxygen atoms in total. The van der Waals surface area contributed by atoms with Crippen molar-refractivity contribution in [2.75, 3.05) is 0 Å². The molecular weight excluding hydrogens is 326 g/mol. The number of aromatic nitrogens is 5. The van der Waals surface area contributed by atoms with Crippen molar-refractivity contribution in [1.82, 2.24) is 25.1 Å². The van der Waals surface area contributed by atoms with Crippen LogP contribution in [0.15, 0.2) is 58.9 Å². The first-order valence-corrected chi connectivity index (χ1v) is 7.97. The van der Waals surface area contributed by atoms with Gasteiger partial charge in [-0.25, -0.2) is 15.0 Å². The van der Waals surface area contributed by atoms with Crippen molar-refractivity contribution >= 4 is 11.3 Å². The van der Waals surface area contributed by atoms with Crippen LogP contribution in [-0.2, 0) is 6.61 Å². The first-order valence-electron chi connectivity index (χ1n) is 7.10. The second-order valence-corrected chi connectivity index (χ2v) is 5.63. The van der Waals surface area contributed by atoms with Gasteiger partial charge in [0.2, 0.25) is 12.3 Å². The monoisotopic (exact) mass is 337 g/mol. The van der Waals surface area contributed by atoms with Crippen molar-refractivity contribution in [3.63, 3.8) is 0 Å². The van der Waals surface area contributed by atoms with E-state index in [2.05, 4.69) is 25.1 Å². The van der Waals surface area contributed by atoms with Gasteiger partial charge in [-0.15, -0.1) is 21.5 Å². The van der Waals surface area contributed by atoms with Crippen LogP contribution in [0.3, 0.4) is 0 Å². The van der Waals surface area contributed by atoms with Crippen molar-refractivity contribution in [1.29, 1.82) is 0 Å². The maximum Gasteiger partial charge on any atom is 0.247 e. The van der Waals surface area contributed by atoms with E-state index in [0.29, 0.717) is 18.3 Å². The molecule has 0 saturated heterocycles. The van der Waals surface area contributed by atoms with Crippen molar-refractivity contribution in [3.8, 4) is 28.0 Å². The molecule has 1 aromatic carbocycles. The topological polar surface area (TPSA) is 86.8 Å². The molecule has 3 heterocycles. The lowest BCUT2D eigenvalue weighted by Crippen LogP contribution is -1.96. The quantitative estimate of drug-likeness (QED) is 0.552. The van der Waals surface area contributed by atoms with E-state index in [1.165, 1.54) is 17.7 Å². The Bertz CT molecular complexity index is 907. The van der Waals surface area contributed by atoms with Gasteiger partial charge in [0.1, 0.15) is 12.4 Å². The summed E-state index contributed by atoms with van der Waals surface area (Å²) in [7, 11) is 0. The SMILES string of the molecule is c1cnc(-c2nc(COc3ccc(-c4nnco4)cc3)cs2)nc1. The molecule has 0 amide bonds. The number of ether oxygens (including phenoxy) is 1. The Hall–Kier alpha value is -3.13. The molecule has 0 atom stereocenters. The Kier molecular flexibility index (Phi) is 3.95. The smallest absolute Gasteiger partial charge is 0.247 e. The van der Waals surface area contributed by atoms with Gasteiger partial charge < -0.3 is 9.15 Å². The molecule has 3 aromatic heterocycles. The van der Waals surface area contributed by atoms with E-state index in [0.717, 1.165) is 22.0 Å². The minimum absolute atomic E-state index is 0.378. The molecule has 4 aromatic rings. The third-order valence-corrected chi connectivity index (χ3v) is 4.04. The number of thiazole rings is 1. The van der Waals surface area contributed by atoms with Gasteiger partial charge in [0.25, 0.3) is 0 Å². The molecule has 0 unspecified atom stereocenters. The minimum atomic E-state index is 0.378. The molecular formula is C16H11N5O2S. The summed E-state index contributed by atoms with van der Waals surface area (Å²) in [4.78, 5) is 12.9. The van der Waals surface area contributed by atoms with Crippen molar-refractivity contribution in [2.24, 2.45) is 0 Å². The molecule has 8 heteroatoms. The van der Waals surface area contributed by atoms with Gasteiger partial charge in [0, 0.05) is 23.3 Å². The van der Waals surface area contributed by atoms with Crippen LogP contribution in [0, 0.1) is 0 Å². The van der Waals surface area contributed by atoms with Gasteiger partial charge >= 0.3 is 0 Å². The van der Waals surface area contributed by atoms with Gasteiger partial charge in [0.05, 0.1) is 5.69 Å². The maximum absolute atomic E-state index is 5.75. The van der Waals surface area contributed by atoms with Crippen LogP contribution in [0.2, 0.25) is 0 Å². The molecule has 24 heavy (non-hydrogen) atoms. The highest BCUT2D eigenvalue weighted by atomic mass is 32.1. The third-order valence-electron chi connectivity index (χ3n) is 3.16. The highest BCUT2D eigenvalue weighted by Crippen LogP contribution is 2.23. The lowest BCUT2D eigenvalue weighted by atomic mass is 10.2. The van der Waals surface area contributed by atoms with Crippen LogP contribution < -0.4 is 4.74 Å². The predicted molar refractivity (Wildman–Crippen MR) is 87.2 cm³/mol. The molecule has 118 valence electrons. The van der Waals surface area contributed by atoms with E-state index in [-0.39, 0.29) is 0 Å². The van der Waals surface area contributed by atoms with Crippen LogP contribution in [0.25, 0.3) is 22.3 Å². The first kappa shape index (κ1) is 14.5. The van der Waals surface area contributed by atoms with E-state index >= 15 is 0 Å². The summed E-state index contributed by atoms with van der Waals surface area (Å²) in [5, 5.41) is 10.2. The van der Waals surface area contributed by atoms with Gasteiger partial charge in [0.15, 0.2) is 10.8 Å². The van der Waals surface area contributed by atoms with Crippen LogP contribution in [0.5, 0.6) is 5.75 Å². The van der Waals surface area contributed by atoms with Gasteiger partial charge in [-0.2, -0.15) is 0 Å². The molecule has 0 saturated carbocycles. The molecule has 0 bridgehead atoms. The standard InChI is InChI=1S/C16H11N5O2S/c1-6-17-14(18-7-1)16-20-12(9-24-16)8-22-13-4-2-11(3-5-13)15-21-19-10-23-15/h1-7,9-10H,8H2. The maximum atomic E-state index is 5.75. The Morgan fingerprint density at radius 2 is 1.92 bits per heavy atom. The summed E-state index contributed by atoms with van der Waals surface area (Å²) in [6.07, 6.45) is 4.70. The molecule has 0 N–H and O–H groups in total. The summed E-state index contributed by atoms with van der Waals surface area (Å²) in [5.74, 6) is 1.84. The average Bonchev–Trinajstić information content (AvgIpc) is 3.33. The fourth-order valence-electron chi connectivity index (χ4n) is 2.04. The lowest BCUT2D eigenvalue weighted by Gasteiger charge is -2.04. The van der Waals surface area contributed by atoms with Crippen molar-refractivity contribution < 1.29 is 9.15 Å². The molecule has 0 spiro atoms. The van der Waals surface area contributed by atoms with E-state index in [9.17, 15) is 0 Å². The van der Waals surface area contributed by atoms with Crippen LogP contribution in [0.4, 0.5) is 0 Å². The average molecular weight is 337 g/mol. The number of nitrogens with zero attached hydrogens (tertiary/aromatic N) is 5. The minimum Gasteiger partial charge on any atom is -0.487 e. The summed E-state index contributed by atoms with van der Waals surface area (Å²) >= 11 is 1.49. The molecule has 4 rings (SSSR count). The number of rotatable bonds is 5. The Labute approximate surface area is 141 Å². The predicted octanol–water partition coefficient (Wildman–Crippen LogP) is 3.23. The van der Waals surface area contributed by atoms with Gasteiger partial charge in [-0.1, -0.05) is 0 Å². The van der Waals surface area contributed by atoms with Crippen molar-refractivity contribution in [2.45, 2.75) is 6.61 Å². The Morgan fingerprint density at radius 1 is 1.08 bits per heavy atom. The van der Waals surface area contributed by atoms with E-state index in [1.54, 1.807) is 18.5 Å². The fraction of sp³-hybridized carbons (Fsp3) is 0.0625. The van der Waals surface area contributed by atoms with Crippen molar-refractivity contribution in [3.05, 3.63) is 60.2 Å². The molecule has 0 aliphatic carbocycles. The van der Waals surface area contributed by atoms with Crippen LogP contribution in [0.1, 0.15) is 5.69 Å². The number of hydrogen-bond donors (Lipinski definition) is 0. The summed E-state index contributed by atoms with van der Waals surface area (Å²) in [5.41, 5.74) is 1.68. The number of hydrogen-bond acceptors (Lipinski definition) is 8. The highest BCUT2D eigenvalue weighted by molar-refractivity contribution is 7.13. The third kappa shape index (κ3) is 3.13. The normalized spacial score (nSPS) is 10.7. The highest BCUT2D eigenvalue weighted by Gasteiger charge is 2.08.